The van der Waals surface area contributed by atoms with Gasteiger partial charge in [0.25, 0.3) is 0 Å². The first-order chi connectivity index (χ1) is 7.57. The molecule has 1 heterocycles. The fourth-order valence-electron chi connectivity index (χ4n) is 2.38. The predicted octanol–water partition coefficient (Wildman–Crippen LogP) is 3.59. The van der Waals surface area contributed by atoms with Crippen LogP contribution in [0.2, 0.25) is 10.6 Å². The Morgan fingerprint density at radius 1 is 0.875 bits per heavy atom. The molecular weight excluding hydrogens is 228 g/mol. The van der Waals surface area contributed by atoms with Gasteiger partial charge in [-0.15, -0.1) is 4.43 Å². The van der Waals surface area contributed by atoms with Crippen LogP contribution in [-0.4, -0.2) is 14.1 Å². The molecule has 0 bridgehead atoms. The van der Waals surface area contributed by atoms with Crippen molar-refractivity contribution in [1.29, 1.82) is 0 Å². The van der Waals surface area contributed by atoms with Crippen molar-refractivity contribution in [2.45, 2.75) is 36.0 Å². The molecule has 2 rings (SSSR count). The van der Waals surface area contributed by atoms with Crippen LogP contribution in [0.5, 0.6) is 0 Å². The molecule has 0 N–H and O–H groups in total. The van der Waals surface area contributed by atoms with Crippen molar-refractivity contribution < 1.29 is 13.2 Å². The van der Waals surface area contributed by atoms with Crippen molar-refractivity contribution in [1.82, 2.24) is 0 Å². The van der Waals surface area contributed by atoms with Gasteiger partial charge in [-0.05, 0) is 0 Å². The Kier molecular flexibility index (Phi) is 3.61. The van der Waals surface area contributed by atoms with Gasteiger partial charge in [0.2, 0.25) is 0 Å². The van der Waals surface area contributed by atoms with E-state index >= 15 is 0 Å². The highest BCUT2D eigenvalue weighted by Crippen LogP contribution is 2.28. The molecule has 0 saturated carbocycles. The maximum Gasteiger partial charge on any atom is 0.416 e. The Balaban J connectivity index is 2.12. The van der Waals surface area contributed by atoms with Crippen LogP contribution >= 0.6 is 0 Å². The molecule has 1 aromatic rings. The SMILES string of the molecule is FC(F)(F)c1cc[c]([Al]2[CH2]CCC[CH2]2)cc1. The lowest BCUT2D eigenvalue weighted by molar-refractivity contribution is -0.137. The summed E-state index contributed by atoms with van der Waals surface area (Å²) < 4.78 is 38.3. The fourth-order valence-corrected chi connectivity index (χ4v) is 5.64. The van der Waals surface area contributed by atoms with E-state index in [1.807, 2.05) is 0 Å². The molecule has 16 heavy (non-hydrogen) atoms. The molecule has 0 aromatic heterocycles. The Labute approximate surface area is 97.9 Å². The van der Waals surface area contributed by atoms with Crippen molar-refractivity contribution in [3.63, 3.8) is 0 Å². The summed E-state index contributed by atoms with van der Waals surface area (Å²) in [6, 6.07) is 5.87. The summed E-state index contributed by atoms with van der Waals surface area (Å²) in [5, 5.41) is 2.51. The van der Waals surface area contributed by atoms with Gasteiger partial charge in [-0.25, -0.2) is 0 Å². The van der Waals surface area contributed by atoms with E-state index in [1.54, 1.807) is 12.1 Å². The van der Waals surface area contributed by atoms with E-state index in [0.717, 1.165) is 0 Å². The summed E-state index contributed by atoms with van der Waals surface area (Å²) >= 11 is -0.926. The zero-order chi connectivity index (χ0) is 11.6. The van der Waals surface area contributed by atoms with E-state index in [9.17, 15) is 13.2 Å². The smallest absolute Gasteiger partial charge is 0.166 e. The molecule has 1 fully saturated rings. The van der Waals surface area contributed by atoms with Crippen LogP contribution in [0.4, 0.5) is 13.2 Å². The van der Waals surface area contributed by atoms with Gasteiger partial charge in [0.05, 0.1) is 5.56 Å². The largest absolute Gasteiger partial charge is 0.416 e. The Morgan fingerprint density at radius 2 is 1.44 bits per heavy atom. The van der Waals surface area contributed by atoms with Crippen LogP contribution in [0.3, 0.4) is 0 Å². The van der Waals surface area contributed by atoms with E-state index in [0.29, 0.717) is 0 Å². The molecule has 4 heteroatoms. The van der Waals surface area contributed by atoms with Crippen LogP contribution in [0, 0.1) is 0 Å². The number of hydrogen-bond donors (Lipinski definition) is 0. The van der Waals surface area contributed by atoms with Gasteiger partial charge in [-0.3, -0.25) is 0 Å². The second-order valence-electron chi connectivity index (χ2n) is 4.45. The van der Waals surface area contributed by atoms with Gasteiger partial charge in [0.1, 0.15) is 0 Å². The number of rotatable bonds is 1. The Bertz CT molecular complexity index is 336. The van der Waals surface area contributed by atoms with Crippen molar-refractivity contribution >= 4 is 18.6 Å². The zero-order valence-electron chi connectivity index (χ0n) is 9.06. The molecule has 1 aromatic carbocycles. The van der Waals surface area contributed by atoms with Gasteiger partial charge in [0, 0.05) is 0 Å². The minimum absolute atomic E-state index is 0.527. The predicted molar refractivity (Wildman–Crippen MR) is 60.3 cm³/mol. The van der Waals surface area contributed by atoms with Gasteiger partial charge >= 0.3 is 20.3 Å². The molecule has 0 unspecified atom stereocenters. The number of alkyl halides is 3. The zero-order valence-corrected chi connectivity index (χ0v) is 10.2. The molecule has 1 aliphatic rings. The maximum absolute atomic E-state index is 12.4. The highest BCUT2D eigenvalue weighted by atomic mass is 27.2. The molecule has 1 saturated heterocycles. The summed E-state index contributed by atoms with van der Waals surface area (Å²) in [5.74, 6) is 0. The number of benzene rings is 1. The van der Waals surface area contributed by atoms with Crippen LogP contribution in [-0.2, 0) is 6.18 Å². The third-order valence-electron chi connectivity index (χ3n) is 3.31. The Hall–Kier alpha value is -0.458. The average molecular weight is 242 g/mol. The van der Waals surface area contributed by atoms with E-state index in [1.165, 1.54) is 46.4 Å². The summed E-state index contributed by atoms with van der Waals surface area (Å²) in [7, 11) is 0. The second-order valence-corrected chi connectivity index (χ2v) is 7.67. The third-order valence-corrected chi connectivity index (χ3v) is 6.85. The monoisotopic (exact) mass is 242 g/mol. The molecule has 0 nitrogen and oxygen atoms in total. The lowest BCUT2D eigenvalue weighted by Crippen LogP contribution is -2.31. The summed E-state index contributed by atoms with van der Waals surface area (Å²) in [4.78, 5) is 0. The molecule has 1 aliphatic heterocycles. The van der Waals surface area contributed by atoms with Gasteiger partial charge in [-0.2, -0.15) is 13.2 Å². The first-order valence-electron chi connectivity index (χ1n) is 5.74. The molecule has 0 spiro atoms. The summed E-state index contributed by atoms with van der Waals surface area (Å²) in [5.41, 5.74) is -0.527. The van der Waals surface area contributed by atoms with Crippen LogP contribution in [0.1, 0.15) is 24.8 Å². The average Bonchev–Trinajstić information content (AvgIpc) is 2.29. The first kappa shape index (κ1) is 12.0. The minimum Gasteiger partial charge on any atom is -0.166 e. The topological polar surface area (TPSA) is 0 Å². The van der Waals surface area contributed by atoms with E-state index in [2.05, 4.69) is 0 Å². The quantitative estimate of drug-likeness (QED) is 0.660. The molecular formula is C12H14AlF3. The molecule has 0 aliphatic carbocycles. The van der Waals surface area contributed by atoms with Crippen molar-refractivity contribution in [3.05, 3.63) is 29.8 Å². The lowest BCUT2D eigenvalue weighted by atomic mass is 10.2. The molecule has 0 atom stereocenters. The normalized spacial score (nSPS) is 17.6. The molecule has 0 radical (unpaired) electrons. The van der Waals surface area contributed by atoms with Crippen molar-refractivity contribution in [2.75, 3.05) is 0 Å². The number of hydrogen-bond acceptors (Lipinski definition) is 0. The van der Waals surface area contributed by atoms with Crippen LogP contribution in [0.25, 0.3) is 0 Å². The molecule has 86 valence electrons. The summed E-state index contributed by atoms with van der Waals surface area (Å²) in [6.07, 6.45) is -0.382. The van der Waals surface area contributed by atoms with E-state index in [-0.39, 0.29) is 0 Å². The fraction of sp³-hybridized carbons (Fsp3) is 0.500. The summed E-state index contributed by atoms with van der Waals surface area (Å²) in [6.45, 7) is 0. The first-order valence-corrected chi connectivity index (χ1v) is 7.95. The third kappa shape index (κ3) is 2.81. The van der Waals surface area contributed by atoms with E-state index in [4.69, 9.17) is 0 Å². The van der Waals surface area contributed by atoms with Crippen LogP contribution < -0.4 is 4.43 Å². The van der Waals surface area contributed by atoms with Gasteiger partial charge in [-0.1, -0.05) is 54.1 Å². The minimum atomic E-state index is -4.20. The molecule has 0 amide bonds. The van der Waals surface area contributed by atoms with E-state index < -0.39 is 25.9 Å². The van der Waals surface area contributed by atoms with Crippen LogP contribution in [0.15, 0.2) is 24.3 Å². The highest BCUT2D eigenvalue weighted by Gasteiger charge is 2.30. The van der Waals surface area contributed by atoms with Gasteiger partial charge in [0.15, 0.2) is 0 Å². The standard InChI is InChI=1S/C7H4F3.C5H10.Al/c8-7(9,10)6-4-2-1-3-5-6;1-3-5-4-2;/h2-5H;1-5H2;. The van der Waals surface area contributed by atoms with Crippen molar-refractivity contribution in [3.8, 4) is 0 Å². The second kappa shape index (κ2) is 4.81. The maximum atomic E-state index is 12.4. The van der Waals surface area contributed by atoms with Crippen molar-refractivity contribution in [2.24, 2.45) is 0 Å². The highest BCUT2D eigenvalue weighted by molar-refractivity contribution is 6.73. The van der Waals surface area contributed by atoms with Gasteiger partial charge < -0.3 is 0 Å². The Morgan fingerprint density at radius 3 is 1.94 bits per heavy atom. The lowest BCUT2D eigenvalue weighted by Gasteiger charge is -2.17. The number of halogens is 3.